The Bertz CT molecular complexity index is 172. The van der Waals surface area contributed by atoms with E-state index in [2.05, 4.69) is 29.8 Å². The van der Waals surface area contributed by atoms with E-state index in [1.807, 2.05) is 0 Å². The maximum Gasteiger partial charge on any atom is 0.0216 e. The third-order valence-electron chi connectivity index (χ3n) is 3.51. The van der Waals surface area contributed by atoms with Crippen LogP contribution in [0.5, 0.6) is 0 Å². The first kappa shape index (κ1) is 9.22. The zero-order chi connectivity index (χ0) is 8.72. The second-order valence-electron chi connectivity index (χ2n) is 4.47. The molecule has 1 saturated heterocycles. The first-order valence-electron chi connectivity index (χ1n) is 4.80. The molecule has 2 aliphatic rings. The van der Waals surface area contributed by atoms with Gasteiger partial charge in [0.25, 0.3) is 0 Å². The van der Waals surface area contributed by atoms with Gasteiger partial charge in [-0.05, 0) is 41.6 Å². The zero-order valence-electron chi connectivity index (χ0n) is 7.73. The van der Waals surface area contributed by atoms with Crippen molar-refractivity contribution in [2.75, 3.05) is 6.54 Å². The van der Waals surface area contributed by atoms with Crippen LogP contribution in [0.3, 0.4) is 0 Å². The summed E-state index contributed by atoms with van der Waals surface area (Å²) < 4.78 is 2.45. The molecular weight excluding hydrogens is 186 g/mol. The summed E-state index contributed by atoms with van der Waals surface area (Å²) in [5.41, 5.74) is 0. The molecule has 1 unspecified atom stereocenters. The predicted octanol–water partition coefficient (Wildman–Crippen LogP) is 2.85. The van der Waals surface area contributed by atoms with Gasteiger partial charge in [0, 0.05) is 12.6 Å². The summed E-state index contributed by atoms with van der Waals surface area (Å²) in [5.74, 6) is 2.84. The fourth-order valence-corrected chi connectivity index (χ4v) is 4.03. The Hall–Kier alpha value is 0.660. The van der Waals surface area contributed by atoms with E-state index in [-0.39, 0.29) is 0 Å². The molecule has 1 saturated carbocycles. The quantitative estimate of drug-likeness (QED) is 0.418. The van der Waals surface area contributed by atoms with Crippen LogP contribution in [-0.4, -0.2) is 16.9 Å². The molecular formula is C9H17NS2. The average Bonchev–Trinajstić information content (AvgIpc) is 2.60. The Kier molecular flexibility index (Phi) is 2.64. The maximum atomic E-state index is 4.27. The van der Waals surface area contributed by atoms with Crippen LogP contribution in [0.25, 0.3) is 0 Å². The minimum absolute atomic E-state index is 0.838. The molecule has 1 aliphatic heterocycles. The van der Waals surface area contributed by atoms with Crippen molar-refractivity contribution < 1.29 is 0 Å². The molecule has 0 aromatic rings. The van der Waals surface area contributed by atoms with Crippen LogP contribution in [0.2, 0.25) is 0 Å². The number of hydrogen-bond donors (Lipinski definition) is 1. The second-order valence-corrected chi connectivity index (χ2v) is 5.60. The van der Waals surface area contributed by atoms with E-state index >= 15 is 0 Å². The Labute approximate surface area is 84.2 Å². The van der Waals surface area contributed by atoms with Gasteiger partial charge >= 0.3 is 0 Å². The fourth-order valence-electron chi connectivity index (χ4n) is 2.87. The van der Waals surface area contributed by atoms with Gasteiger partial charge in [-0.3, -0.25) is 0 Å². The van der Waals surface area contributed by atoms with Crippen molar-refractivity contribution in [3.8, 4) is 0 Å². The smallest absolute Gasteiger partial charge is 0.0216 e. The molecule has 2 bridgehead atoms. The largest absolute Gasteiger partial charge is 0.238 e. The van der Waals surface area contributed by atoms with Crippen molar-refractivity contribution in [3.63, 3.8) is 0 Å². The molecule has 2 rings (SSSR count). The predicted molar refractivity (Wildman–Crippen MR) is 58.1 cm³/mol. The van der Waals surface area contributed by atoms with Gasteiger partial charge < -0.3 is 0 Å². The molecule has 1 aliphatic carbocycles. The molecule has 0 N–H and O–H groups in total. The summed E-state index contributed by atoms with van der Waals surface area (Å²) in [4.78, 5) is 0. The maximum absolute atomic E-state index is 4.27. The molecule has 1 nitrogen and oxygen atoms in total. The van der Waals surface area contributed by atoms with Crippen LogP contribution in [0.15, 0.2) is 0 Å². The van der Waals surface area contributed by atoms with Gasteiger partial charge in [-0.1, -0.05) is 25.5 Å². The molecule has 0 spiro atoms. The molecule has 0 aromatic carbocycles. The average molecular weight is 203 g/mol. The van der Waals surface area contributed by atoms with E-state index in [0.29, 0.717) is 0 Å². The number of hydrogen-bond acceptors (Lipinski definition) is 3. The minimum Gasteiger partial charge on any atom is -0.238 e. The molecule has 0 radical (unpaired) electrons. The summed E-state index contributed by atoms with van der Waals surface area (Å²) >= 11 is 4.27. The number of fused-ring (bicyclic) bond motifs is 2. The third-order valence-corrected chi connectivity index (χ3v) is 4.79. The molecule has 70 valence electrons. The van der Waals surface area contributed by atoms with Gasteiger partial charge in [0.2, 0.25) is 0 Å². The van der Waals surface area contributed by atoms with Crippen molar-refractivity contribution in [1.82, 2.24) is 4.31 Å². The van der Waals surface area contributed by atoms with Crippen LogP contribution >= 0.6 is 22.6 Å². The number of thiol groups is 1. The number of piperidine rings is 1. The first-order chi connectivity index (χ1) is 5.72. The van der Waals surface area contributed by atoms with Crippen LogP contribution in [0, 0.1) is 17.8 Å². The standard InChI is InChI=1S/C9H17NS2/c1-6(2)9-4-8-3-7(9)5-10(8)12-11/h6-9,11H,3-5H2,1-2H3/t7-,8-,9?/m1/s1. The normalized spacial score (nSPS) is 41.5. The lowest BCUT2D eigenvalue weighted by Gasteiger charge is -2.31. The summed E-state index contributed by atoms with van der Waals surface area (Å²) in [7, 11) is 1.64. The van der Waals surface area contributed by atoms with E-state index in [4.69, 9.17) is 0 Å². The van der Waals surface area contributed by atoms with Gasteiger partial charge in [0.05, 0.1) is 0 Å². The van der Waals surface area contributed by atoms with E-state index in [1.165, 1.54) is 19.4 Å². The second kappa shape index (κ2) is 3.43. The fraction of sp³-hybridized carbons (Fsp3) is 1.00. The van der Waals surface area contributed by atoms with Crippen LogP contribution in [0.1, 0.15) is 26.7 Å². The van der Waals surface area contributed by atoms with Crippen molar-refractivity contribution >= 4 is 22.6 Å². The summed E-state index contributed by atoms with van der Waals surface area (Å²) in [6.45, 7) is 6.01. The Morgan fingerprint density at radius 2 is 2.17 bits per heavy atom. The SMILES string of the molecule is CC(C)C1C[C@H]2C[C@@H]1CN2SS. The highest BCUT2D eigenvalue weighted by Gasteiger charge is 2.45. The topological polar surface area (TPSA) is 3.24 Å². The van der Waals surface area contributed by atoms with E-state index in [9.17, 15) is 0 Å². The molecule has 0 amide bonds. The first-order valence-corrected chi connectivity index (χ1v) is 6.63. The summed E-state index contributed by atoms with van der Waals surface area (Å²) in [6.07, 6.45) is 2.84. The van der Waals surface area contributed by atoms with E-state index in [1.54, 1.807) is 11.0 Å². The monoisotopic (exact) mass is 203 g/mol. The molecule has 1 heterocycles. The van der Waals surface area contributed by atoms with Gasteiger partial charge in [-0.15, -0.1) is 0 Å². The molecule has 2 fully saturated rings. The lowest BCUT2D eigenvalue weighted by Crippen LogP contribution is -2.31. The van der Waals surface area contributed by atoms with Gasteiger partial charge in [-0.25, -0.2) is 4.31 Å². The Morgan fingerprint density at radius 3 is 2.58 bits per heavy atom. The van der Waals surface area contributed by atoms with Crippen LogP contribution in [0.4, 0.5) is 0 Å². The third kappa shape index (κ3) is 1.40. The highest BCUT2D eigenvalue weighted by molar-refractivity contribution is 8.67. The molecule has 0 aromatic heterocycles. The number of rotatable bonds is 2. The molecule has 3 heteroatoms. The lowest BCUT2D eigenvalue weighted by molar-refractivity contribution is 0.225. The van der Waals surface area contributed by atoms with Crippen molar-refractivity contribution in [2.24, 2.45) is 17.8 Å². The molecule has 12 heavy (non-hydrogen) atoms. The van der Waals surface area contributed by atoms with Crippen LogP contribution < -0.4 is 0 Å². The van der Waals surface area contributed by atoms with Crippen molar-refractivity contribution in [1.29, 1.82) is 0 Å². The van der Waals surface area contributed by atoms with Crippen LogP contribution in [-0.2, 0) is 0 Å². The van der Waals surface area contributed by atoms with E-state index < -0.39 is 0 Å². The van der Waals surface area contributed by atoms with Gasteiger partial charge in [0.1, 0.15) is 0 Å². The highest BCUT2D eigenvalue weighted by atomic mass is 33.1. The van der Waals surface area contributed by atoms with Crippen molar-refractivity contribution in [3.05, 3.63) is 0 Å². The van der Waals surface area contributed by atoms with Crippen molar-refractivity contribution in [2.45, 2.75) is 32.7 Å². The number of nitrogens with zero attached hydrogens (tertiary/aromatic N) is 1. The van der Waals surface area contributed by atoms with Gasteiger partial charge in [0.15, 0.2) is 0 Å². The zero-order valence-corrected chi connectivity index (χ0v) is 9.44. The highest BCUT2D eigenvalue weighted by Crippen LogP contribution is 2.48. The van der Waals surface area contributed by atoms with E-state index in [0.717, 1.165) is 23.8 Å². The van der Waals surface area contributed by atoms with Gasteiger partial charge in [-0.2, -0.15) is 0 Å². The molecule has 3 atom stereocenters. The summed E-state index contributed by atoms with van der Waals surface area (Å²) in [5, 5.41) is 0. The Balaban J connectivity index is 1.98. The Morgan fingerprint density at radius 1 is 1.42 bits per heavy atom. The lowest BCUT2D eigenvalue weighted by atomic mass is 9.85. The minimum atomic E-state index is 0.838. The summed E-state index contributed by atoms with van der Waals surface area (Å²) in [6, 6.07) is 0.838.